The standard InChI is InChI=1S/C15H18N4O2/c16-15-13(19-7-3-4-10(20)9-19)8-12(17-18-15)11-5-1-2-6-14(11)21/h1-2,5-6,8,10,20-21H,3-4,7,9H2,(H2,16,18). The Kier molecular flexibility index (Phi) is 3.62. The molecular formula is C15H18N4O2. The number of aliphatic hydroxyl groups excluding tert-OH is 1. The second kappa shape index (κ2) is 5.57. The Labute approximate surface area is 122 Å². The normalized spacial score (nSPS) is 18.7. The molecule has 0 aliphatic carbocycles. The maximum atomic E-state index is 9.92. The van der Waals surface area contributed by atoms with Crippen molar-refractivity contribution in [3.63, 3.8) is 0 Å². The first-order chi connectivity index (χ1) is 10.1. The van der Waals surface area contributed by atoms with Gasteiger partial charge in [-0.2, -0.15) is 0 Å². The molecule has 1 aromatic heterocycles. The maximum absolute atomic E-state index is 9.92. The van der Waals surface area contributed by atoms with Crippen LogP contribution in [0.4, 0.5) is 11.5 Å². The number of nitrogen functional groups attached to an aromatic ring is 1. The van der Waals surface area contributed by atoms with E-state index in [1.165, 1.54) is 0 Å². The van der Waals surface area contributed by atoms with Gasteiger partial charge in [-0.25, -0.2) is 0 Å². The molecule has 1 aliphatic heterocycles. The molecule has 0 saturated carbocycles. The second-order valence-corrected chi connectivity index (χ2v) is 5.26. The van der Waals surface area contributed by atoms with E-state index in [0.29, 0.717) is 23.6 Å². The van der Waals surface area contributed by atoms with Gasteiger partial charge in [0.05, 0.1) is 17.5 Å². The van der Waals surface area contributed by atoms with E-state index in [4.69, 9.17) is 5.73 Å². The van der Waals surface area contributed by atoms with Crippen LogP contribution in [-0.4, -0.2) is 39.6 Å². The van der Waals surface area contributed by atoms with Crippen LogP contribution in [0, 0.1) is 0 Å². The van der Waals surface area contributed by atoms with Gasteiger partial charge in [-0.3, -0.25) is 0 Å². The zero-order valence-electron chi connectivity index (χ0n) is 11.6. The first-order valence-electron chi connectivity index (χ1n) is 6.99. The van der Waals surface area contributed by atoms with E-state index in [9.17, 15) is 10.2 Å². The molecule has 1 fully saturated rings. The Morgan fingerprint density at radius 1 is 1.24 bits per heavy atom. The van der Waals surface area contributed by atoms with Crippen LogP contribution in [0.25, 0.3) is 11.3 Å². The molecule has 3 rings (SSSR count). The lowest BCUT2D eigenvalue weighted by atomic mass is 10.1. The van der Waals surface area contributed by atoms with E-state index in [1.807, 2.05) is 17.0 Å². The van der Waals surface area contributed by atoms with Crippen LogP contribution >= 0.6 is 0 Å². The van der Waals surface area contributed by atoms with Crippen molar-refractivity contribution in [1.82, 2.24) is 10.2 Å². The highest BCUT2D eigenvalue weighted by molar-refractivity contribution is 5.74. The number of aromatic nitrogens is 2. The molecule has 0 spiro atoms. The Morgan fingerprint density at radius 2 is 2.05 bits per heavy atom. The first-order valence-corrected chi connectivity index (χ1v) is 6.99. The van der Waals surface area contributed by atoms with Crippen molar-refractivity contribution in [2.45, 2.75) is 18.9 Å². The van der Waals surface area contributed by atoms with Crippen LogP contribution in [-0.2, 0) is 0 Å². The average Bonchev–Trinajstić information content (AvgIpc) is 2.48. The molecule has 0 bridgehead atoms. The van der Waals surface area contributed by atoms with Gasteiger partial charge < -0.3 is 20.8 Å². The fourth-order valence-corrected chi connectivity index (χ4v) is 2.64. The lowest BCUT2D eigenvalue weighted by molar-refractivity contribution is 0.154. The van der Waals surface area contributed by atoms with Crippen LogP contribution in [0.15, 0.2) is 30.3 Å². The van der Waals surface area contributed by atoms with Gasteiger partial charge in [0.2, 0.25) is 0 Å². The number of phenolic OH excluding ortho intramolecular Hbond substituents is 1. The van der Waals surface area contributed by atoms with Gasteiger partial charge in [-0.15, -0.1) is 10.2 Å². The fourth-order valence-electron chi connectivity index (χ4n) is 2.64. The summed E-state index contributed by atoms with van der Waals surface area (Å²) >= 11 is 0. The topological polar surface area (TPSA) is 95.5 Å². The quantitative estimate of drug-likeness (QED) is 0.772. The van der Waals surface area contributed by atoms with Gasteiger partial charge in [-0.1, -0.05) is 12.1 Å². The SMILES string of the molecule is Nc1nnc(-c2ccccc2O)cc1N1CCCC(O)C1. The van der Waals surface area contributed by atoms with Crippen molar-refractivity contribution in [2.75, 3.05) is 23.7 Å². The molecule has 1 unspecified atom stereocenters. The van der Waals surface area contributed by atoms with Gasteiger partial charge in [0.15, 0.2) is 5.82 Å². The number of rotatable bonds is 2. The third-order valence-corrected chi connectivity index (χ3v) is 3.72. The summed E-state index contributed by atoms with van der Waals surface area (Å²) in [7, 11) is 0. The highest BCUT2D eigenvalue weighted by Gasteiger charge is 2.21. The molecule has 1 saturated heterocycles. The zero-order chi connectivity index (χ0) is 14.8. The lowest BCUT2D eigenvalue weighted by Gasteiger charge is -2.32. The molecule has 6 heteroatoms. The Morgan fingerprint density at radius 3 is 2.81 bits per heavy atom. The molecule has 1 aromatic carbocycles. The number of phenols is 1. The fraction of sp³-hybridized carbons (Fsp3) is 0.333. The van der Waals surface area contributed by atoms with E-state index in [0.717, 1.165) is 25.1 Å². The molecule has 21 heavy (non-hydrogen) atoms. The molecule has 4 N–H and O–H groups in total. The van der Waals surface area contributed by atoms with Crippen molar-refractivity contribution in [3.05, 3.63) is 30.3 Å². The minimum Gasteiger partial charge on any atom is -0.507 e. The summed E-state index contributed by atoms with van der Waals surface area (Å²) in [5.41, 5.74) is 7.86. The largest absolute Gasteiger partial charge is 0.507 e. The number of para-hydroxylation sites is 1. The predicted octanol–water partition coefficient (Wildman–Crippen LogP) is 1.39. The van der Waals surface area contributed by atoms with Gasteiger partial charge in [-0.05, 0) is 31.0 Å². The monoisotopic (exact) mass is 286 g/mol. The number of aromatic hydroxyl groups is 1. The Bertz CT molecular complexity index is 647. The number of hydrogen-bond acceptors (Lipinski definition) is 6. The summed E-state index contributed by atoms with van der Waals surface area (Å²) in [5.74, 6) is 0.490. The van der Waals surface area contributed by atoms with Crippen molar-refractivity contribution in [3.8, 4) is 17.0 Å². The average molecular weight is 286 g/mol. The highest BCUT2D eigenvalue weighted by atomic mass is 16.3. The van der Waals surface area contributed by atoms with Gasteiger partial charge in [0.1, 0.15) is 5.75 Å². The number of anilines is 2. The highest BCUT2D eigenvalue weighted by Crippen LogP contribution is 2.32. The van der Waals surface area contributed by atoms with E-state index >= 15 is 0 Å². The number of aliphatic hydroxyl groups is 1. The first kappa shape index (κ1) is 13.6. The lowest BCUT2D eigenvalue weighted by Crippen LogP contribution is -2.38. The van der Waals surface area contributed by atoms with Crippen LogP contribution < -0.4 is 10.6 Å². The van der Waals surface area contributed by atoms with E-state index in [-0.39, 0.29) is 11.9 Å². The van der Waals surface area contributed by atoms with Crippen molar-refractivity contribution in [1.29, 1.82) is 0 Å². The van der Waals surface area contributed by atoms with E-state index < -0.39 is 0 Å². The van der Waals surface area contributed by atoms with E-state index in [2.05, 4.69) is 10.2 Å². The smallest absolute Gasteiger partial charge is 0.169 e. The van der Waals surface area contributed by atoms with Crippen LogP contribution in [0.3, 0.4) is 0 Å². The molecule has 6 nitrogen and oxygen atoms in total. The number of piperidine rings is 1. The molecule has 2 heterocycles. The molecule has 0 amide bonds. The summed E-state index contributed by atoms with van der Waals surface area (Å²) in [6, 6.07) is 8.79. The van der Waals surface area contributed by atoms with Crippen molar-refractivity contribution >= 4 is 11.5 Å². The minimum atomic E-state index is -0.347. The maximum Gasteiger partial charge on any atom is 0.169 e. The summed E-state index contributed by atoms with van der Waals surface area (Å²) in [4.78, 5) is 2.02. The Balaban J connectivity index is 1.98. The summed E-state index contributed by atoms with van der Waals surface area (Å²) in [5, 5.41) is 27.8. The van der Waals surface area contributed by atoms with Crippen molar-refractivity contribution in [2.24, 2.45) is 0 Å². The number of nitrogens with zero attached hydrogens (tertiary/aromatic N) is 3. The third kappa shape index (κ3) is 2.75. The number of nitrogens with two attached hydrogens (primary N) is 1. The van der Waals surface area contributed by atoms with Crippen LogP contribution in [0.2, 0.25) is 0 Å². The second-order valence-electron chi connectivity index (χ2n) is 5.26. The Hall–Kier alpha value is -2.34. The molecule has 0 radical (unpaired) electrons. The van der Waals surface area contributed by atoms with Crippen molar-refractivity contribution < 1.29 is 10.2 Å². The van der Waals surface area contributed by atoms with Gasteiger partial charge in [0.25, 0.3) is 0 Å². The van der Waals surface area contributed by atoms with Gasteiger partial charge in [0, 0.05) is 18.7 Å². The minimum absolute atomic E-state index is 0.154. The summed E-state index contributed by atoms with van der Waals surface area (Å²) < 4.78 is 0. The number of hydrogen-bond donors (Lipinski definition) is 3. The third-order valence-electron chi connectivity index (χ3n) is 3.72. The zero-order valence-corrected chi connectivity index (χ0v) is 11.6. The number of benzene rings is 1. The summed E-state index contributed by atoms with van der Waals surface area (Å²) in [6.45, 7) is 1.36. The summed E-state index contributed by atoms with van der Waals surface area (Å²) in [6.07, 6.45) is 1.37. The predicted molar refractivity (Wildman–Crippen MR) is 81.0 cm³/mol. The molecule has 110 valence electrons. The molecule has 1 aliphatic rings. The molecule has 2 aromatic rings. The van der Waals surface area contributed by atoms with Crippen LogP contribution in [0.5, 0.6) is 5.75 Å². The molecular weight excluding hydrogens is 268 g/mol. The molecule has 1 atom stereocenters. The van der Waals surface area contributed by atoms with E-state index in [1.54, 1.807) is 18.2 Å². The number of β-amino-alcohol motifs (C(OH)–C–C–N with tert-alkyl or cyclic N) is 1. The van der Waals surface area contributed by atoms with Crippen LogP contribution in [0.1, 0.15) is 12.8 Å². The van der Waals surface area contributed by atoms with Gasteiger partial charge >= 0.3 is 0 Å².